The monoisotopic (exact) mass is 243 g/mol. The first kappa shape index (κ1) is 12.1. The van der Waals surface area contributed by atoms with E-state index >= 15 is 0 Å². The van der Waals surface area contributed by atoms with Gasteiger partial charge in [-0.05, 0) is 17.7 Å². The number of halogens is 2. The fraction of sp³-hybridized carbons (Fsp3) is 0.182. The summed E-state index contributed by atoms with van der Waals surface area (Å²) in [7, 11) is 1.68. The number of nitrogens with zero attached hydrogens (tertiary/aromatic N) is 1. The van der Waals surface area contributed by atoms with Gasteiger partial charge in [-0.2, -0.15) is 0 Å². The smallest absolute Gasteiger partial charge is 0.245 e. The highest BCUT2D eigenvalue weighted by Crippen LogP contribution is 2.26. The average molecular weight is 244 g/mol. The van der Waals surface area contributed by atoms with Crippen LogP contribution in [0.2, 0.25) is 10.0 Å². The van der Waals surface area contributed by atoms with Gasteiger partial charge in [0.05, 0.1) is 10.0 Å². The van der Waals surface area contributed by atoms with Gasteiger partial charge in [-0.15, -0.1) is 0 Å². The minimum Gasteiger partial charge on any atom is -0.338 e. The number of hydrogen-bond donors (Lipinski definition) is 0. The van der Waals surface area contributed by atoms with Crippen molar-refractivity contribution in [3.63, 3.8) is 0 Å². The molecule has 80 valence electrons. The molecule has 0 bridgehead atoms. The van der Waals surface area contributed by atoms with Gasteiger partial charge in [0.15, 0.2) is 0 Å². The predicted molar refractivity (Wildman–Crippen MR) is 63.1 cm³/mol. The molecule has 0 radical (unpaired) electrons. The van der Waals surface area contributed by atoms with Crippen LogP contribution >= 0.6 is 23.2 Å². The van der Waals surface area contributed by atoms with Gasteiger partial charge in [0.1, 0.15) is 0 Å². The standard InChI is InChI=1S/C11H11Cl2NO/c1-3-10(15)14(2)7-8-5-4-6-9(12)11(8)13/h3-6H,1,7H2,2H3. The highest BCUT2D eigenvalue weighted by Gasteiger charge is 2.09. The molecular weight excluding hydrogens is 233 g/mol. The van der Waals surface area contributed by atoms with E-state index in [2.05, 4.69) is 6.58 Å². The molecule has 0 N–H and O–H groups in total. The molecule has 1 amide bonds. The third-order valence-electron chi connectivity index (χ3n) is 1.99. The van der Waals surface area contributed by atoms with E-state index in [1.165, 1.54) is 11.0 Å². The number of carbonyl (C=O) groups excluding carboxylic acids is 1. The van der Waals surface area contributed by atoms with E-state index in [4.69, 9.17) is 23.2 Å². The summed E-state index contributed by atoms with van der Waals surface area (Å²) < 4.78 is 0. The zero-order chi connectivity index (χ0) is 11.4. The molecule has 0 saturated heterocycles. The summed E-state index contributed by atoms with van der Waals surface area (Å²) in [6.07, 6.45) is 1.26. The quantitative estimate of drug-likeness (QED) is 0.748. The predicted octanol–water partition coefficient (Wildman–Crippen LogP) is 3.14. The van der Waals surface area contributed by atoms with Crippen molar-refractivity contribution in [1.82, 2.24) is 4.90 Å². The van der Waals surface area contributed by atoms with Crippen LogP contribution in [0, 0.1) is 0 Å². The summed E-state index contributed by atoms with van der Waals surface area (Å²) in [5.41, 5.74) is 0.821. The molecular formula is C11H11Cl2NO. The number of hydrogen-bond acceptors (Lipinski definition) is 1. The Morgan fingerprint density at radius 3 is 2.80 bits per heavy atom. The first-order valence-corrected chi connectivity index (χ1v) is 5.12. The first-order chi connectivity index (χ1) is 7.06. The Kier molecular flexibility index (Phi) is 4.18. The SMILES string of the molecule is C=CC(=O)N(C)Cc1cccc(Cl)c1Cl. The second-order valence-corrected chi connectivity index (χ2v) is 3.90. The molecule has 15 heavy (non-hydrogen) atoms. The second-order valence-electron chi connectivity index (χ2n) is 3.11. The van der Waals surface area contributed by atoms with Crippen molar-refractivity contribution in [2.24, 2.45) is 0 Å². The molecule has 4 heteroatoms. The number of carbonyl (C=O) groups is 1. The Hall–Kier alpha value is -0.990. The van der Waals surface area contributed by atoms with E-state index in [9.17, 15) is 4.79 Å². The van der Waals surface area contributed by atoms with E-state index < -0.39 is 0 Å². The summed E-state index contributed by atoms with van der Waals surface area (Å²) in [6, 6.07) is 5.35. The number of benzene rings is 1. The fourth-order valence-electron chi connectivity index (χ4n) is 1.16. The minimum atomic E-state index is -0.147. The van der Waals surface area contributed by atoms with Crippen molar-refractivity contribution in [1.29, 1.82) is 0 Å². The van der Waals surface area contributed by atoms with Gasteiger partial charge in [-0.1, -0.05) is 41.9 Å². The van der Waals surface area contributed by atoms with E-state index in [1.54, 1.807) is 19.2 Å². The van der Waals surface area contributed by atoms with E-state index in [1.807, 2.05) is 6.07 Å². The molecule has 1 aromatic rings. The van der Waals surface area contributed by atoms with Crippen LogP contribution in [-0.2, 0) is 11.3 Å². The van der Waals surface area contributed by atoms with Crippen molar-refractivity contribution in [2.75, 3.05) is 7.05 Å². The molecule has 1 rings (SSSR count). The van der Waals surface area contributed by atoms with E-state index in [0.717, 1.165) is 5.56 Å². The maximum absolute atomic E-state index is 11.2. The molecule has 2 nitrogen and oxygen atoms in total. The van der Waals surface area contributed by atoms with E-state index in [0.29, 0.717) is 16.6 Å². The molecule has 0 aliphatic carbocycles. The number of rotatable bonds is 3. The van der Waals surface area contributed by atoms with Crippen molar-refractivity contribution in [3.8, 4) is 0 Å². The maximum atomic E-state index is 11.2. The lowest BCUT2D eigenvalue weighted by molar-refractivity contribution is -0.125. The number of amides is 1. The van der Waals surface area contributed by atoms with Crippen LogP contribution in [0.15, 0.2) is 30.9 Å². The van der Waals surface area contributed by atoms with Crippen LogP contribution < -0.4 is 0 Å². The largest absolute Gasteiger partial charge is 0.338 e. The Labute approximate surface area is 99.1 Å². The third kappa shape index (κ3) is 2.98. The lowest BCUT2D eigenvalue weighted by Gasteiger charge is -2.16. The number of likely N-dealkylation sites (N-methyl/N-ethyl adjacent to an activating group) is 1. The molecule has 0 aromatic heterocycles. The minimum absolute atomic E-state index is 0.147. The van der Waals surface area contributed by atoms with Crippen LogP contribution in [0.5, 0.6) is 0 Å². The zero-order valence-corrected chi connectivity index (χ0v) is 9.85. The van der Waals surface area contributed by atoms with Gasteiger partial charge in [0.25, 0.3) is 0 Å². The Bertz CT molecular complexity index is 390. The van der Waals surface area contributed by atoms with Crippen LogP contribution in [0.4, 0.5) is 0 Å². The lowest BCUT2D eigenvalue weighted by Crippen LogP contribution is -2.24. The van der Waals surface area contributed by atoms with Gasteiger partial charge in [0.2, 0.25) is 5.91 Å². The van der Waals surface area contributed by atoms with Crippen LogP contribution in [-0.4, -0.2) is 17.9 Å². The van der Waals surface area contributed by atoms with Gasteiger partial charge in [-0.3, -0.25) is 4.79 Å². The molecule has 0 atom stereocenters. The van der Waals surface area contributed by atoms with Crippen molar-refractivity contribution < 1.29 is 4.79 Å². The molecule has 1 aromatic carbocycles. The van der Waals surface area contributed by atoms with Crippen molar-refractivity contribution >= 4 is 29.1 Å². The molecule has 0 aliphatic heterocycles. The zero-order valence-electron chi connectivity index (χ0n) is 8.34. The molecule has 0 unspecified atom stereocenters. The first-order valence-electron chi connectivity index (χ1n) is 4.36. The van der Waals surface area contributed by atoms with Crippen LogP contribution in [0.1, 0.15) is 5.56 Å². The summed E-state index contributed by atoms with van der Waals surface area (Å²) in [5.74, 6) is -0.147. The normalized spacial score (nSPS) is 9.80. The summed E-state index contributed by atoms with van der Waals surface area (Å²) in [5, 5.41) is 0.983. The summed E-state index contributed by atoms with van der Waals surface area (Å²) >= 11 is 11.8. The maximum Gasteiger partial charge on any atom is 0.245 e. The molecule has 0 aliphatic rings. The van der Waals surface area contributed by atoms with Gasteiger partial charge in [0, 0.05) is 13.6 Å². The molecule has 0 fully saturated rings. The summed E-state index contributed by atoms with van der Waals surface area (Å²) in [4.78, 5) is 12.8. The summed E-state index contributed by atoms with van der Waals surface area (Å²) in [6.45, 7) is 3.83. The van der Waals surface area contributed by atoms with Crippen LogP contribution in [0.3, 0.4) is 0 Å². The molecule has 0 spiro atoms. The Morgan fingerprint density at radius 1 is 1.53 bits per heavy atom. The van der Waals surface area contributed by atoms with E-state index in [-0.39, 0.29) is 5.91 Å². The second kappa shape index (κ2) is 5.19. The van der Waals surface area contributed by atoms with Crippen LogP contribution in [0.25, 0.3) is 0 Å². The molecule has 0 saturated carbocycles. The van der Waals surface area contributed by atoms with Gasteiger partial charge < -0.3 is 4.90 Å². The average Bonchev–Trinajstić information content (AvgIpc) is 2.23. The highest BCUT2D eigenvalue weighted by molar-refractivity contribution is 6.42. The lowest BCUT2D eigenvalue weighted by atomic mass is 10.2. The fourth-order valence-corrected chi connectivity index (χ4v) is 1.54. The third-order valence-corrected chi connectivity index (χ3v) is 2.85. The van der Waals surface area contributed by atoms with Gasteiger partial charge in [-0.25, -0.2) is 0 Å². The van der Waals surface area contributed by atoms with Gasteiger partial charge >= 0.3 is 0 Å². The topological polar surface area (TPSA) is 20.3 Å². The van der Waals surface area contributed by atoms with Crippen molar-refractivity contribution in [3.05, 3.63) is 46.5 Å². The molecule has 0 heterocycles. The van der Waals surface area contributed by atoms with Crippen molar-refractivity contribution in [2.45, 2.75) is 6.54 Å². The Morgan fingerprint density at radius 2 is 2.20 bits per heavy atom. The Balaban J connectivity index is 2.85. The highest BCUT2D eigenvalue weighted by atomic mass is 35.5.